The van der Waals surface area contributed by atoms with E-state index in [-0.39, 0.29) is 21.5 Å². The van der Waals surface area contributed by atoms with Crippen molar-refractivity contribution in [3.05, 3.63) is 33.8 Å². The third-order valence-corrected chi connectivity index (χ3v) is 3.12. The van der Waals surface area contributed by atoms with Crippen LogP contribution in [0.2, 0.25) is 10.0 Å². The monoisotopic (exact) mass is 319 g/mol. The molecule has 1 aromatic rings. The zero-order valence-electron chi connectivity index (χ0n) is 10.9. The highest BCUT2D eigenvalue weighted by atomic mass is 35.5. The Morgan fingerprint density at radius 3 is 2.05 bits per heavy atom. The normalized spacial score (nSPS) is 13.9. The van der Waals surface area contributed by atoms with Gasteiger partial charge in [0.1, 0.15) is 6.04 Å². The van der Waals surface area contributed by atoms with E-state index in [1.807, 2.05) is 0 Å². The molecule has 0 radical (unpaired) electrons. The van der Waals surface area contributed by atoms with E-state index in [1.165, 1.54) is 18.2 Å². The molecule has 0 fully saturated rings. The first-order valence-corrected chi connectivity index (χ1v) is 6.65. The standard InChI is InChI=1S/C13H15Cl2NO4/c1-6(2)10(13(19)20)16-12(18)11(17)7-3-8(14)5-9(15)4-7/h3-6,10-11,17H,1-2H3,(H,16,18)(H,19,20)/t10-,11?/m1/s1. The fourth-order valence-electron chi connectivity index (χ4n) is 1.63. The Morgan fingerprint density at radius 2 is 1.65 bits per heavy atom. The highest BCUT2D eigenvalue weighted by Crippen LogP contribution is 2.23. The summed E-state index contributed by atoms with van der Waals surface area (Å²) in [5.74, 6) is -2.29. The van der Waals surface area contributed by atoms with Crippen molar-refractivity contribution in [2.45, 2.75) is 26.0 Å². The molecule has 1 unspecified atom stereocenters. The molecule has 1 aromatic carbocycles. The Bertz CT molecular complexity index is 499. The average molecular weight is 320 g/mol. The van der Waals surface area contributed by atoms with Crippen LogP contribution in [0, 0.1) is 5.92 Å². The van der Waals surface area contributed by atoms with E-state index in [1.54, 1.807) is 13.8 Å². The molecule has 0 saturated heterocycles. The van der Waals surface area contributed by atoms with Gasteiger partial charge in [0.2, 0.25) is 0 Å². The van der Waals surface area contributed by atoms with Crippen molar-refractivity contribution in [2.75, 3.05) is 0 Å². The number of nitrogens with one attached hydrogen (secondary N) is 1. The van der Waals surface area contributed by atoms with Crippen LogP contribution in [-0.2, 0) is 9.59 Å². The minimum absolute atomic E-state index is 0.202. The number of aliphatic hydroxyl groups is 1. The average Bonchev–Trinajstić information content (AvgIpc) is 2.32. The summed E-state index contributed by atoms with van der Waals surface area (Å²) in [7, 11) is 0. The van der Waals surface area contributed by atoms with Crippen molar-refractivity contribution in [1.29, 1.82) is 0 Å². The van der Waals surface area contributed by atoms with Gasteiger partial charge in [0.25, 0.3) is 5.91 Å². The van der Waals surface area contributed by atoms with Gasteiger partial charge < -0.3 is 15.5 Å². The van der Waals surface area contributed by atoms with Crippen molar-refractivity contribution in [2.24, 2.45) is 5.92 Å². The molecule has 0 saturated carbocycles. The zero-order chi connectivity index (χ0) is 15.4. The topological polar surface area (TPSA) is 86.6 Å². The van der Waals surface area contributed by atoms with E-state index >= 15 is 0 Å². The molecule has 1 amide bonds. The van der Waals surface area contributed by atoms with Crippen molar-refractivity contribution in [3.63, 3.8) is 0 Å². The third-order valence-electron chi connectivity index (χ3n) is 2.68. The highest BCUT2D eigenvalue weighted by molar-refractivity contribution is 6.34. The number of carboxylic acid groups (broad SMARTS) is 1. The van der Waals surface area contributed by atoms with Gasteiger partial charge in [-0.15, -0.1) is 0 Å². The molecule has 1 rings (SSSR count). The molecule has 0 aliphatic carbocycles. The number of hydrogen-bond donors (Lipinski definition) is 3. The van der Waals surface area contributed by atoms with Gasteiger partial charge in [-0.1, -0.05) is 37.0 Å². The Kier molecular flexibility index (Phi) is 5.80. The second kappa shape index (κ2) is 6.92. The summed E-state index contributed by atoms with van der Waals surface area (Å²) in [6.45, 7) is 3.31. The van der Waals surface area contributed by atoms with Gasteiger partial charge in [-0.3, -0.25) is 4.79 Å². The van der Waals surface area contributed by atoms with Crippen LogP contribution in [0.4, 0.5) is 0 Å². The predicted octanol–water partition coefficient (Wildman–Crippen LogP) is 2.25. The second-order valence-corrected chi connectivity index (χ2v) is 5.55. The van der Waals surface area contributed by atoms with E-state index in [2.05, 4.69) is 5.32 Å². The van der Waals surface area contributed by atoms with Crippen LogP contribution < -0.4 is 5.32 Å². The quantitative estimate of drug-likeness (QED) is 0.777. The Labute approximate surface area is 126 Å². The van der Waals surface area contributed by atoms with Crippen LogP contribution in [-0.4, -0.2) is 28.1 Å². The summed E-state index contributed by atoms with van der Waals surface area (Å²) in [5, 5.41) is 21.8. The van der Waals surface area contributed by atoms with Crippen molar-refractivity contribution in [1.82, 2.24) is 5.32 Å². The molecule has 110 valence electrons. The molecule has 0 aliphatic rings. The lowest BCUT2D eigenvalue weighted by molar-refractivity contribution is -0.144. The SMILES string of the molecule is CC(C)[C@@H](NC(=O)C(O)c1cc(Cl)cc(Cl)c1)C(=O)O. The number of aliphatic carboxylic acids is 1. The molecule has 0 aromatic heterocycles. The third kappa shape index (κ3) is 4.37. The van der Waals surface area contributed by atoms with Crippen molar-refractivity contribution >= 4 is 35.1 Å². The van der Waals surface area contributed by atoms with Gasteiger partial charge in [-0.2, -0.15) is 0 Å². The first-order valence-electron chi connectivity index (χ1n) is 5.89. The van der Waals surface area contributed by atoms with Crippen LogP contribution >= 0.6 is 23.2 Å². The molecular formula is C13H15Cl2NO4. The van der Waals surface area contributed by atoms with E-state index in [4.69, 9.17) is 28.3 Å². The second-order valence-electron chi connectivity index (χ2n) is 4.67. The predicted molar refractivity (Wildman–Crippen MR) is 75.8 cm³/mol. The number of benzene rings is 1. The molecule has 3 N–H and O–H groups in total. The smallest absolute Gasteiger partial charge is 0.326 e. The maximum absolute atomic E-state index is 11.9. The first-order chi connectivity index (χ1) is 9.22. The number of carbonyl (C=O) groups is 2. The van der Waals surface area contributed by atoms with Gasteiger partial charge in [0, 0.05) is 10.0 Å². The molecular weight excluding hydrogens is 305 g/mol. The Balaban J connectivity index is 2.88. The fraction of sp³-hybridized carbons (Fsp3) is 0.385. The van der Waals surface area contributed by atoms with Gasteiger partial charge in [-0.05, 0) is 29.7 Å². The highest BCUT2D eigenvalue weighted by Gasteiger charge is 2.27. The molecule has 0 spiro atoms. The van der Waals surface area contributed by atoms with E-state index in [0.717, 1.165) is 0 Å². The summed E-state index contributed by atoms with van der Waals surface area (Å²) in [6.07, 6.45) is -1.54. The lowest BCUT2D eigenvalue weighted by atomic mass is 10.0. The summed E-state index contributed by atoms with van der Waals surface area (Å²) < 4.78 is 0. The molecule has 7 heteroatoms. The van der Waals surface area contributed by atoms with E-state index < -0.39 is 24.0 Å². The molecule has 20 heavy (non-hydrogen) atoms. The van der Waals surface area contributed by atoms with Gasteiger partial charge in [0.15, 0.2) is 6.10 Å². The summed E-state index contributed by atoms with van der Waals surface area (Å²) in [5.41, 5.74) is 0.202. The number of carbonyl (C=O) groups excluding carboxylic acids is 1. The largest absolute Gasteiger partial charge is 0.480 e. The minimum Gasteiger partial charge on any atom is -0.480 e. The number of amides is 1. The fourth-order valence-corrected chi connectivity index (χ4v) is 2.17. The maximum atomic E-state index is 11.9. The number of carboxylic acids is 1. The van der Waals surface area contributed by atoms with Crippen LogP contribution in [0.5, 0.6) is 0 Å². The lowest BCUT2D eigenvalue weighted by Gasteiger charge is -2.20. The van der Waals surface area contributed by atoms with Crippen LogP contribution in [0.15, 0.2) is 18.2 Å². The van der Waals surface area contributed by atoms with Gasteiger partial charge in [0.05, 0.1) is 0 Å². The van der Waals surface area contributed by atoms with Gasteiger partial charge in [-0.25, -0.2) is 4.79 Å². The summed E-state index contributed by atoms with van der Waals surface area (Å²) in [6, 6.07) is 3.17. The summed E-state index contributed by atoms with van der Waals surface area (Å²) >= 11 is 11.6. The van der Waals surface area contributed by atoms with Gasteiger partial charge >= 0.3 is 5.97 Å². The van der Waals surface area contributed by atoms with Crippen molar-refractivity contribution < 1.29 is 19.8 Å². The number of aliphatic hydroxyl groups excluding tert-OH is 1. The number of rotatable bonds is 5. The maximum Gasteiger partial charge on any atom is 0.326 e. The molecule has 0 bridgehead atoms. The van der Waals surface area contributed by atoms with E-state index in [0.29, 0.717) is 0 Å². The lowest BCUT2D eigenvalue weighted by Crippen LogP contribution is -2.46. The minimum atomic E-state index is -1.54. The zero-order valence-corrected chi connectivity index (χ0v) is 12.4. The van der Waals surface area contributed by atoms with E-state index in [9.17, 15) is 14.7 Å². The first kappa shape index (κ1) is 16.8. The molecule has 0 aliphatic heterocycles. The van der Waals surface area contributed by atoms with Crippen LogP contribution in [0.1, 0.15) is 25.5 Å². The number of hydrogen-bond acceptors (Lipinski definition) is 3. The Hall–Kier alpha value is -1.30. The number of halogens is 2. The van der Waals surface area contributed by atoms with Crippen LogP contribution in [0.3, 0.4) is 0 Å². The Morgan fingerprint density at radius 1 is 1.15 bits per heavy atom. The van der Waals surface area contributed by atoms with Crippen molar-refractivity contribution in [3.8, 4) is 0 Å². The molecule has 5 nitrogen and oxygen atoms in total. The van der Waals surface area contributed by atoms with Crippen LogP contribution in [0.25, 0.3) is 0 Å². The summed E-state index contributed by atoms with van der Waals surface area (Å²) in [4.78, 5) is 22.9. The molecule has 2 atom stereocenters. The molecule has 0 heterocycles.